The smallest absolute Gasteiger partial charge is 0.325 e. The minimum Gasteiger partial charge on any atom is -0.355 e. The highest BCUT2D eigenvalue weighted by molar-refractivity contribution is 6.09. The van der Waals surface area contributed by atoms with Crippen LogP contribution in [0.15, 0.2) is 36.4 Å². The number of anilines is 1. The van der Waals surface area contributed by atoms with Crippen molar-refractivity contribution in [3.05, 3.63) is 64.5 Å². The molecule has 2 fully saturated rings. The second-order valence-electron chi connectivity index (χ2n) is 10.9. The number of amides is 6. The summed E-state index contributed by atoms with van der Waals surface area (Å²) in [4.78, 5) is 55.1. The summed E-state index contributed by atoms with van der Waals surface area (Å²) < 4.78 is 20.1. The van der Waals surface area contributed by atoms with Crippen molar-refractivity contribution in [1.82, 2.24) is 20.4 Å². The van der Waals surface area contributed by atoms with E-state index < -0.39 is 36.2 Å². The highest BCUT2D eigenvalue weighted by Crippen LogP contribution is 2.41. The largest absolute Gasteiger partial charge is 0.355 e. The summed E-state index contributed by atoms with van der Waals surface area (Å²) >= 11 is 0. The Hall–Kier alpha value is -3.99. The van der Waals surface area contributed by atoms with E-state index in [-0.39, 0.29) is 24.5 Å². The molecule has 2 atom stereocenters. The molecule has 4 aliphatic rings. The second-order valence-corrected chi connectivity index (χ2v) is 10.9. The number of hydrogen-bond acceptors (Lipinski definition) is 5. The Morgan fingerprint density at radius 2 is 1.90 bits per heavy atom. The van der Waals surface area contributed by atoms with Crippen LogP contribution in [0.1, 0.15) is 54.4 Å². The number of imide groups is 1. The number of hydrogen-bond donors (Lipinski definition) is 3. The quantitative estimate of drug-likeness (QED) is 0.495. The lowest BCUT2D eigenvalue weighted by molar-refractivity contribution is -0.152. The third-order valence-corrected chi connectivity index (χ3v) is 8.23. The van der Waals surface area contributed by atoms with Crippen LogP contribution >= 0.6 is 0 Å². The molecule has 1 spiro atoms. The molecule has 2 unspecified atom stereocenters. The van der Waals surface area contributed by atoms with Gasteiger partial charge < -0.3 is 25.6 Å². The predicted molar refractivity (Wildman–Crippen MR) is 143 cm³/mol. The van der Waals surface area contributed by atoms with Gasteiger partial charge in [-0.2, -0.15) is 0 Å². The fraction of sp³-hybridized carbons (Fsp3) is 0.448. The van der Waals surface area contributed by atoms with Gasteiger partial charge in [0.2, 0.25) is 5.91 Å². The van der Waals surface area contributed by atoms with Gasteiger partial charge in [-0.1, -0.05) is 12.1 Å². The lowest BCUT2D eigenvalue weighted by atomic mass is 9.76. The zero-order valence-electron chi connectivity index (χ0n) is 22.3. The van der Waals surface area contributed by atoms with E-state index in [0.717, 1.165) is 34.4 Å². The average Bonchev–Trinajstić information content (AvgIpc) is 3.75. The van der Waals surface area contributed by atoms with Crippen molar-refractivity contribution in [2.75, 3.05) is 18.9 Å². The van der Waals surface area contributed by atoms with Crippen LogP contribution in [0, 0.1) is 5.82 Å². The molecule has 40 heavy (non-hydrogen) atoms. The van der Waals surface area contributed by atoms with Crippen LogP contribution in [0.2, 0.25) is 0 Å². The summed E-state index contributed by atoms with van der Waals surface area (Å²) in [5, 5.41) is 8.13. The van der Waals surface area contributed by atoms with Crippen molar-refractivity contribution < 1.29 is 28.3 Å². The van der Waals surface area contributed by atoms with E-state index >= 15 is 0 Å². The van der Waals surface area contributed by atoms with E-state index in [1.165, 1.54) is 19.2 Å². The zero-order chi connectivity index (χ0) is 28.0. The van der Waals surface area contributed by atoms with Crippen LogP contribution in [-0.2, 0) is 39.3 Å². The van der Waals surface area contributed by atoms with Crippen molar-refractivity contribution >= 4 is 29.6 Å². The standard InChI is InChI=1S/C29H32FN5O5/c1-31-27(38)32-21-7-10-23-18(14-21)3-2-12-29(23)26(37)35(28(39)33-29)16-24(36)34-15-19-4-6-20(30)13-17(19)5-11-25(34)40-22-8-9-22/h4,6-7,10,13-14,22,25H,2-3,5,8-9,11-12,15-16H2,1H3,(H,33,39)(H2,31,32,38). The van der Waals surface area contributed by atoms with E-state index in [1.807, 2.05) is 6.07 Å². The highest BCUT2D eigenvalue weighted by atomic mass is 19.1. The number of carbonyl (C=O) groups is 4. The first-order valence-electron chi connectivity index (χ1n) is 13.8. The number of fused-ring (bicyclic) bond motifs is 3. The molecule has 2 aromatic carbocycles. The maximum atomic E-state index is 13.9. The number of nitrogens with one attached hydrogen (secondary N) is 3. The molecular weight excluding hydrogens is 517 g/mol. The molecular formula is C29H32FN5O5. The number of aryl methyl sites for hydroxylation is 2. The van der Waals surface area contributed by atoms with Gasteiger partial charge in [0.05, 0.1) is 6.10 Å². The number of nitrogens with zero attached hydrogens (tertiary/aromatic N) is 2. The molecule has 1 saturated heterocycles. The Labute approximate surface area is 231 Å². The Balaban J connectivity index is 1.24. The molecule has 10 nitrogen and oxygen atoms in total. The third kappa shape index (κ3) is 4.78. The molecule has 2 aromatic rings. The highest BCUT2D eigenvalue weighted by Gasteiger charge is 2.54. The fourth-order valence-corrected chi connectivity index (χ4v) is 6.03. The fourth-order valence-electron chi connectivity index (χ4n) is 6.03. The summed E-state index contributed by atoms with van der Waals surface area (Å²) in [6, 6.07) is 8.85. The summed E-state index contributed by atoms with van der Waals surface area (Å²) in [5.41, 5.74) is 2.52. The first-order valence-corrected chi connectivity index (χ1v) is 13.8. The predicted octanol–water partition coefficient (Wildman–Crippen LogP) is 3.14. The van der Waals surface area contributed by atoms with E-state index in [4.69, 9.17) is 4.74 Å². The molecule has 1 saturated carbocycles. The summed E-state index contributed by atoms with van der Waals surface area (Å²) in [6.07, 6.45) is 4.23. The normalized spacial score (nSPS) is 23.8. The summed E-state index contributed by atoms with van der Waals surface area (Å²) in [5.74, 6) is -1.19. The van der Waals surface area contributed by atoms with Gasteiger partial charge in [0.15, 0.2) is 0 Å². The number of urea groups is 2. The maximum absolute atomic E-state index is 13.9. The minimum atomic E-state index is -1.26. The van der Waals surface area contributed by atoms with Crippen LogP contribution in [-0.4, -0.2) is 59.6 Å². The van der Waals surface area contributed by atoms with Gasteiger partial charge in [-0.3, -0.25) is 14.5 Å². The molecule has 0 aromatic heterocycles. The van der Waals surface area contributed by atoms with Crippen LogP contribution in [0.3, 0.4) is 0 Å². The lowest BCUT2D eigenvalue weighted by Crippen LogP contribution is -2.49. The van der Waals surface area contributed by atoms with Crippen molar-refractivity contribution in [3.8, 4) is 0 Å². The van der Waals surface area contributed by atoms with Crippen molar-refractivity contribution in [3.63, 3.8) is 0 Å². The van der Waals surface area contributed by atoms with E-state index in [2.05, 4.69) is 16.0 Å². The Morgan fingerprint density at radius 1 is 1.07 bits per heavy atom. The minimum absolute atomic E-state index is 0.0831. The van der Waals surface area contributed by atoms with E-state index in [0.29, 0.717) is 43.4 Å². The van der Waals surface area contributed by atoms with Crippen molar-refractivity contribution in [2.24, 2.45) is 0 Å². The van der Waals surface area contributed by atoms with E-state index in [1.54, 1.807) is 23.1 Å². The molecule has 2 aliphatic heterocycles. The van der Waals surface area contributed by atoms with Crippen molar-refractivity contribution in [1.29, 1.82) is 0 Å². The van der Waals surface area contributed by atoms with Gasteiger partial charge in [0.1, 0.15) is 24.1 Å². The third-order valence-electron chi connectivity index (χ3n) is 8.23. The molecule has 6 rings (SSSR count). The molecule has 0 radical (unpaired) electrons. The van der Waals surface area contributed by atoms with Gasteiger partial charge >= 0.3 is 12.1 Å². The topological polar surface area (TPSA) is 120 Å². The van der Waals surface area contributed by atoms with Gasteiger partial charge in [0.25, 0.3) is 5.91 Å². The SMILES string of the molecule is CNC(=O)Nc1ccc2c(c1)CCCC21NC(=O)N(CC(=O)N2Cc3ccc(F)cc3CCC2OC2CC2)C1=O. The molecule has 3 N–H and O–H groups in total. The maximum Gasteiger partial charge on any atom is 0.325 e. The van der Waals surface area contributed by atoms with Gasteiger partial charge in [-0.15, -0.1) is 0 Å². The molecule has 11 heteroatoms. The average molecular weight is 550 g/mol. The number of halogens is 1. The Morgan fingerprint density at radius 3 is 2.67 bits per heavy atom. The van der Waals surface area contributed by atoms with Gasteiger partial charge in [-0.25, -0.2) is 14.0 Å². The molecule has 6 amide bonds. The number of rotatable bonds is 5. The monoisotopic (exact) mass is 549 g/mol. The summed E-state index contributed by atoms with van der Waals surface area (Å²) in [6.45, 7) is -0.205. The number of benzene rings is 2. The molecule has 210 valence electrons. The lowest BCUT2D eigenvalue weighted by Gasteiger charge is -2.34. The summed E-state index contributed by atoms with van der Waals surface area (Å²) in [7, 11) is 1.52. The van der Waals surface area contributed by atoms with Gasteiger partial charge in [-0.05, 0) is 91.5 Å². The zero-order valence-corrected chi connectivity index (χ0v) is 22.3. The van der Waals surface area contributed by atoms with Crippen LogP contribution in [0.5, 0.6) is 0 Å². The Bertz CT molecular complexity index is 1390. The van der Waals surface area contributed by atoms with Crippen LogP contribution in [0.25, 0.3) is 0 Å². The Kier molecular flexibility index (Phi) is 6.69. The first-order chi connectivity index (χ1) is 19.3. The number of carbonyl (C=O) groups excluding carboxylic acids is 4. The molecule has 2 heterocycles. The van der Waals surface area contributed by atoms with Gasteiger partial charge in [0, 0.05) is 19.3 Å². The van der Waals surface area contributed by atoms with Crippen LogP contribution in [0.4, 0.5) is 19.7 Å². The van der Waals surface area contributed by atoms with Crippen LogP contribution < -0.4 is 16.0 Å². The van der Waals surface area contributed by atoms with E-state index in [9.17, 15) is 23.6 Å². The first kappa shape index (κ1) is 26.2. The van der Waals surface area contributed by atoms with Crippen molar-refractivity contribution in [2.45, 2.75) is 69.4 Å². The number of ether oxygens (including phenoxy) is 1. The molecule has 2 aliphatic carbocycles. The second kappa shape index (κ2) is 10.2. The molecule has 0 bridgehead atoms.